The van der Waals surface area contributed by atoms with E-state index in [4.69, 9.17) is 11.6 Å². The summed E-state index contributed by atoms with van der Waals surface area (Å²) in [6, 6.07) is 0. The number of carbonyl (C=O) groups excluding carboxylic acids is 1. The molecule has 3 heteroatoms. The zero-order valence-electron chi connectivity index (χ0n) is 12.5. The first kappa shape index (κ1) is 17.8. The average molecular weight is 276 g/mol. The van der Waals surface area contributed by atoms with Crippen LogP contribution in [0.5, 0.6) is 0 Å². The first-order chi connectivity index (χ1) is 8.60. The van der Waals surface area contributed by atoms with Gasteiger partial charge in [0.15, 0.2) is 0 Å². The van der Waals surface area contributed by atoms with Gasteiger partial charge in [-0.25, -0.2) is 0 Å². The molecule has 0 rings (SSSR count). The number of hydrogen-bond acceptors (Lipinski definition) is 1. The van der Waals surface area contributed by atoms with Crippen molar-refractivity contribution in [2.45, 2.75) is 71.6 Å². The highest BCUT2D eigenvalue weighted by molar-refractivity contribution is 6.21. The number of carbonyl (C=O) groups is 1. The first-order valence-corrected chi connectivity index (χ1v) is 7.95. The molecule has 108 valence electrons. The predicted octanol–water partition coefficient (Wildman–Crippen LogP) is 4.36. The highest BCUT2D eigenvalue weighted by Gasteiger charge is 2.20. The molecule has 0 radical (unpaired) electrons. The lowest BCUT2D eigenvalue weighted by atomic mass is 9.96. The molecule has 0 saturated heterocycles. The minimum Gasteiger partial charge on any atom is -0.354 e. The van der Waals surface area contributed by atoms with Crippen molar-refractivity contribution in [3.63, 3.8) is 0 Å². The quantitative estimate of drug-likeness (QED) is 0.590. The lowest BCUT2D eigenvalue weighted by Gasteiger charge is -2.21. The normalized spacial score (nSPS) is 13.1. The second-order valence-corrected chi connectivity index (χ2v) is 5.67. The number of nitrogens with one attached hydrogen (secondary N) is 1. The van der Waals surface area contributed by atoms with E-state index in [-0.39, 0.29) is 17.2 Å². The fraction of sp³-hybridized carbons (Fsp3) is 0.933. The molecule has 0 spiro atoms. The zero-order chi connectivity index (χ0) is 14.0. The predicted molar refractivity (Wildman–Crippen MR) is 80.0 cm³/mol. The first-order valence-electron chi connectivity index (χ1n) is 7.52. The number of rotatable bonds is 10. The Hall–Kier alpha value is -0.240. The minimum atomic E-state index is 0.0628. The summed E-state index contributed by atoms with van der Waals surface area (Å²) in [7, 11) is 0. The third-order valence-electron chi connectivity index (χ3n) is 3.68. The molecule has 0 aromatic rings. The van der Waals surface area contributed by atoms with Gasteiger partial charge in [0.25, 0.3) is 0 Å². The van der Waals surface area contributed by atoms with E-state index in [1.54, 1.807) is 0 Å². The van der Waals surface area contributed by atoms with Crippen LogP contribution in [0.1, 0.15) is 66.2 Å². The Kier molecular flexibility index (Phi) is 10.5. The van der Waals surface area contributed by atoms with E-state index in [1.165, 1.54) is 0 Å². The Labute approximate surface area is 118 Å². The summed E-state index contributed by atoms with van der Waals surface area (Å²) in [5.74, 6) is 0.864. The van der Waals surface area contributed by atoms with Crippen molar-refractivity contribution in [1.29, 1.82) is 0 Å². The molecule has 0 saturated carbocycles. The van der Waals surface area contributed by atoms with Crippen LogP contribution in [0.25, 0.3) is 0 Å². The average Bonchev–Trinajstić information content (AvgIpc) is 2.37. The fourth-order valence-corrected chi connectivity index (χ4v) is 2.85. The van der Waals surface area contributed by atoms with Crippen molar-refractivity contribution >= 4 is 17.5 Å². The summed E-state index contributed by atoms with van der Waals surface area (Å²) < 4.78 is 0. The molecule has 1 atom stereocenters. The molecular formula is C15H30ClNO. The highest BCUT2D eigenvalue weighted by atomic mass is 35.5. The molecule has 18 heavy (non-hydrogen) atoms. The Bertz CT molecular complexity index is 211. The Morgan fingerprint density at radius 3 is 1.94 bits per heavy atom. The van der Waals surface area contributed by atoms with E-state index in [2.05, 4.69) is 33.0 Å². The van der Waals surface area contributed by atoms with Gasteiger partial charge in [0.2, 0.25) is 5.91 Å². The summed E-state index contributed by atoms with van der Waals surface area (Å²) in [4.78, 5) is 12.1. The Morgan fingerprint density at radius 2 is 1.56 bits per heavy atom. The summed E-state index contributed by atoms with van der Waals surface area (Å²) in [6.45, 7) is 9.18. The van der Waals surface area contributed by atoms with Crippen LogP contribution in [0.2, 0.25) is 0 Å². The maximum Gasteiger partial charge on any atom is 0.223 e. The van der Waals surface area contributed by atoms with E-state index in [9.17, 15) is 4.79 Å². The van der Waals surface area contributed by atoms with Crippen LogP contribution >= 0.6 is 11.6 Å². The molecule has 0 aromatic heterocycles. The van der Waals surface area contributed by atoms with Crippen LogP contribution in [-0.2, 0) is 4.79 Å². The fourth-order valence-electron chi connectivity index (χ4n) is 2.41. The van der Waals surface area contributed by atoms with Crippen molar-refractivity contribution in [1.82, 2.24) is 5.32 Å². The molecule has 0 aromatic carbocycles. The third kappa shape index (κ3) is 6.63. The van der Waals surface area contributed by atoms with E-state index in [0.29, 0.717) is 12.5 Å². The molecular weight excluding hydrogens is 246 g/mol. The monoisotopic (exact) mass is 275 g/mol. The van der Waals surface area contributed by atoms with Crippen LogP contribution < -0.4 is 5.32 Å². The Morgan fingerprint density at radius 1 is 1.06 bits per heavy atom. The highest BCUT2D eigenvalue weighted by Crippen LogP contribution is 2.18. The molecule has 0 heterocycles. The number of alkyl halides is 1. The molecule has 0 fully saturated rings. The molecule has 1 amide bonds. The van der Waals surface area contributed by atoms with Gasteiger partial charge in [0.05, 0.1) is 5.38 Å². The number of hydrogen-bond donors (Lipinski definition) is 1. The molecule has 1 N–H and O–H groups in total. The number of amides is 1. The van der Waals surface area contributed by atoms with Crippen molar-refractivity contribution < 1.29 is 4.79 Å². The lowest BCUT2D eigenvalue weighted by Crippen LogP contribution is -2.37. The van der Waals surface area contributed by atoms with Gasteiger partial charge in [-0.1, -0.05) is 53.4 Å². The lowest BCUT2D eigenvalue weighted by molar-refractivity contribution is -0.125. The van der Waals surface area contributed by atoms with Gasteiger partial charge < -0.3 is 5.32 Å². The summed E-state index contributed by atoms with van der Waals surface area (Å²) in [5.41, 5.74) is 0. The standard InChI is InChI=1S/C15H30ClNO/c1-5-9-13(10-6-2)15(18)17-11-14(16)12(7-3)8-4/h12-14H,5-11H2,1-4H3,(H,17,18). The molecule has 0 bridgehead atoms. The maximum absolute atomic E-state index is 12.1. The van der Waals surface area contributed by atoms with Crippen LogP contribution in [0, 0.1) is 11.8 Å². The Balaban J connectivity index is 4.12. The maximum atomic E-state index is 12.1. The topological polar surface area (TPSA) is 29.1 Å². The van der Waals surface area contributed by atoms with Crippen molar-refractivity contribution in [3.8, 4) is 0 Å². The zero-order valence-corrected chi connectivity index (χ0v) is 13.2. The van der Waals surface area contributed by atoms with E-state index < -0.39 is 0 Å². The van der Waals surface area contributed by atoms with Crippen LogP contribution in [0.15, 0.2) is 0 Å². The largest absolute Gasteiger partial charge is 0.354 e. The van der Waals surface area contributed by atoms with Gasteiger partial charge >= 0.3 is 0 Å². The van der Waals surface area contributed by atoms with Crippen LogP contribution in [0.3, 0.4) is 0 Å². The second-order valence-electron chi connectivity index (χ2n) is 5.11. The SMILES string of the molecule is CCCC(CCC)C(=O)NCC(Cl)C(CC)CC. The summed E-state index contributed by atoms with van der Waals surface area (Å²) in [5, 5.41) is 3.09. The third-order valence-corrected chi connectivity index (χ3v) is 4.19. The second kappa shape index (κ2) is 10.7. The van der Waals surface area contributed by atoms with Crippen molar-refractivity contribution in [2.75, 3.05) is 6.54 Å². The van der Waals surface area contributed by atoms with Gasteiger partial charge in [-0.05, 0) is 18.8 Å². The van der Waals surface area contributed by atoms with Gasteiger partial charge in [-0.3, -0.25) is 4.79 Å². The summed E-state index contributed by atoms with van der Waals surface area (Å²) >= 11 is 6.34. The van der Waals surface area contributed by atoms with Crippen LogP contribution in [0.4, 0.5) is 0 Å². The van der Waals surface area contributed by atoms with Crippen molar-refractivity contribution in [3.05, 3.63) is 0 Å². The van der Waals surface area contributed by atoms with Crippen LogP contribution in [-0.4, -0.2) is 17.8 Å². The summed E-state index contributed by atoms with van der Waals surface area (Å²) in [6.07, 6.45) is 6.25. The van der Waals surface area contributed by atoms with E-state index >= 15 is 0 Å². The van der Waals surface area contributed by atoms with Gasteiger partial charge in [0.1, 0.15) is 0 Å². The van der Waals surface area contributed by atoms with Gasteiger partial charge in [-0.15, -0.1) is 11.6 Å². The number of halogens is 1. The molecule has 0 aliphatic rings. The van der Waals surface area contributed by atoms with Crippen molar-refractivity contribution in [2.24, 2.45) is 11.8 Å². The van der Waals surface area contributed by atoms with Gasteiger partial charge in [0, 0.05) is 12.5 Å². The van der Waals surface area contributed by atoms with E-state index in [1.807, 2.05) is 0 Å². The minimum absolute atomic E-state index is 0.0628. The molecule has 0 aliphatic heterocycles. The molecule has 2 nitrogen and oxygen atoms in total. The smallest absolute Gasteiger partial charge is 0.223 e. The van der Waals surface area contributed by atoms with E-state index in [0.717, 1.165) is 38.5 Å². The van der Waals surface area contributed by atoms with Gasteiger partial charge in [-0.2, -0.15) is 0 Å². The molecule has 0 aliphatic carbocycles. The molecule has 1 unspecified atom stereocenters.